The summed E-state index contributed by atoms with van der Waals surface area (Å²) >= 11 is 0. The number of hydrogen-bond acceptors (Lipinski definition) is 3. The summed E-state index contributed by atoms with van der Waals surface area (Å²) in [5.41, 5.74) is -0.162. The molecule has 0 aliphatic carbocycles. The average molecular weight is 313 g/mol. The molecular weight excluding hydrogens is 301 g/mol. The summed E-state index contributed by atoms with van der Waals surface area (Å²) in [4.78, 5) is 26.9. The zero-order chi connectivity index (χ0) is 16.6. The number of carboxylic acid groups (broad SMARTS) is 1. The monoisotopic (exact) mass is 313 g/mol. The molecule has 3 rings (SSSR count). The minimum Gasteiger partial charge on any atom is -0.497 e. The summed E-state index contributed by atoms with van der Waals surface area (Å²) in [6, 6.07) is 10.3. The van der Waals surface area contributed by atoms with Crippen molar-refractivity contribution in [2.24, 2.45) is 0 Å². The number of halogens is 1. The summed E-state index contributed by atoms with van der Waals surface area (Å²) in [5.74, 6) is -1.46. The predicted molar refractivity (Wildman–Crippen MR) is 83.5 cm³/mol. The van der Waals surface area contributed by atoms with E-state index in [2.05, 4.69) is 4.98 Å². The number of nitrogens with one attached hydrogen (secondary N) is 1. The van der Waals surface area contributed by atoms with Gasteiger partial charge in [-0.15, -0.1) is 0 Å². The Kier molecular flexibility index (Phi) is 3.57. The molecule has 116 valence electrons. The number of carboxylic acids is 1. The Hall–Kier alpha value is -3.15. The molecule has 2 N–H and O–H groups in total. The Labute approximate surface area is 130 Å². The third kappa shape index (κ3) is 2.55. The van der Waals surface area contributed by atoms with Crippen LogP contribution in [0.15, 0.2) is 47.3 Å². The van der Waals surface area contributed by atoms with Gasteiger partial charge >= 0.3 is 5.97 Å². The lowest BCUT2D eigenvalue weighted by Crippen LogP contribution is -2.18. The van der Waals surface area contributed by atoms with Crippen molar-refractivity contribution in [1.82, 2.24) is 4.98 Å². The van der Waals surface area contributed by atoms with Gasteiger partial charge in [-0.3, -0.25) is 4.79 Å². The second-order valence-electron chi connectivity index (χ2n) is 4.93. The molecule has 1 heterocycles. The van der Waals surface area contributed by atoms with Crippen LogP contribution in [0.5, 0.6) is 5.75 Å². The van der Waals surface area contributed by atoms with Crippen LogP contribution < -0.4 is 10.2 Å². The van der Waals surface area contributed by atoms with Crippen LogP contribution in [0.1, 0.15) is 10.4 Å². The van der Waals surface area contributed by atoms with Gasteiger partial charge in [0.2, 0.25) is 5.43 Å². The molecule has 0 bridgehead atoms. The first-order chi connectivity index (χ1) is 11.0. The van der Waals surface area contributed by atoms with Crippen LogP contribution in [0.4, 0.5) is 4.39 Å². The molecule has 6 heteroatoms. The Morgan fingerprint density at radius 3 is 2.70 bits per heavy atom. The molecule has 23 heavy (non-hydrogen) atoms. The van der Waals surface area contributed by atoms with Crippen molar-refractivity contribution in [3.8, 4) is 17.0 Å². The second-order valence-corrected chi connectivity index (χ2v) is 4.93. The third-order valence-electron chi connectivity index (χ3n) is 3.54. The Morgan fingerprint density at radius 1 is 1.22 bits per heavy atom. The number of ether oxygens (including phenoxy) is 1. The molecule has 3 aromatic rings. The highest BCUT2D eigenvalue weighted by molar-refractivity contribution is 5.99. The van der Waals surface area contributed by atoms with Crippen molar-refractivity contribution >= 4 is 16.9 Å². The number of pyridine rings is 1. The highest BCUT2D eigenvalue weighted by atomic mass is 19.1. The van der Waals surface area contributed by atoms with Crippen LogP contribution in [-0.2, 0) is 0 Å². The highest BCUT2D eigenvalue weighted by Gasteiger charge is 2.20. The number of methoxy groups -OCH3 is 1. The van der Waals surface area contributed by atoms with Crippen molar-refractivity contribution in [2.75, 3.05) is 7.11 Å². The van der Waals surface area contributed by atoms with Gasteiger partial charge in [-0.05, 0) is 30.3 Å². The number of hydrogen-bond donors (Lipinski definition) is 2. The van der Waals surface area contributed by atoms with E-state index in [0.717, 1.165) is 6.07 Å². The molecule has 5 nitrogen and oxygen atoms in total. The lowest BCUT2D eigenvalue weighted by atomic mass is 10.0. The fraction of sp³-hybridized carbons (Fsp3) is 0.0588. The Morgan fingerprint density at radius 2 is 2.00 bits per heavy atom. The molecule has 0 amide bonds. The largest absolute Gasteiger partial charge is 0.497 e. The lowest BCUT2D eigenvalue weighted by molar-refractivity contribution is 0.0696. The number of carbonyl (C=O) groups is 1. The highest BCUT2D eigenvalue weighted by Crippen LogP contribution is 2.26. The predicted octanol–water partition coefficient (Wildman–Crippen LogP) is 3.04. The van der Waals surface area contributed by atoms with Crippen molar-refractivity contribution in [3.63, 3.8) is 0 Å². The van der Waals surface area contributed by atoms with Crippen molar-refractivity contribution in [3.05, 3.63) is 64.1 Å². The molecule has 0 spiro atoms. The maximum absolute atomic E-state index is 13.4. The van der Waals surface area contributed by atoms with E-state index in [1.807, 2.05) is 0 Å². The third-order valence-corrected chi connectivity index (χ3v) is 3.54. The maximum Gasteiger partial charge on any atom is 0.341 e. The number of benzene rings is 2. The molecule has 0 aliphatic heterocycles. The van der Waals surface area contributed by atoms with Gasteiger partial charge in [0.15, 0.2) is 0 Å². The maximum atomic E-state index is 13.4. The van der Waals surface area contributed by atoms with Crippen LogP contribution in [0.3, 0.4) is 0 Å². The molecule has 0 unspecified atom stereocenters. The van der Waals surface area contributed by atoms with Crippen LogP contribution in [0.25, 0.3) is 22.2 Å². The van der Waals surface area contributed by atoms with Gasteiger partial charge in [0.1, 0.15) is 17.1 Å². The number of aromatic amines is 1. The van der Waals surface area contributed by atoms with Gasteiger partial charge in [0.25, 0.3) is 0 Å². The van der Waals surface area contributed by atoms with E-state index in [4.69, 9.17) is 4.74 Å². The number of aromatic carboxylic acids is 1. The first-order valence-corrected chi connectivity index (χ1v) is 6.74. The smallest absolute Gasteiger partial charge is 0.341 e. The lowest BCUT2D eigenvalue weighted by Gasteiger charge is -2.10. The first kappa shape index (κ1) is 14.8. The van der Waals surface area contributed by atoms with Crippen LogP contribution in [-0.4, -0.2) is 23.2 Å². The van der Waals surface area contributed by atoms with Gasteiger partial charge in [0, 0.05) is 16.5 Å². The van der Waals surface area contributed by atoms with E-state index in [-0.39, 0.29) is 11.1 Å². The molecule has 0 saturated carbocycles. The van der Waals surface area contributed by atoms with E-state index in [1.165, 1.54) is 19.2 Å². The van der Waals surface area contributed by atoms with Gasteiger partial charge < -0.3 is 14.8 Å². The van der Waals surface area contributed by atoms with E-state index >= 15 is 0 Å². The minimum absolute atomic E-state index is 0.00551. The Balaban J connectivity index is 2.39. The van der Waals surface area contributed by atoms with E-state index in [9.17, 15) is 19.1 Å². The van der Waals surface area contributed by atoms with Crippen molar-refractivity contribution in [2.45, 2.75) is 0 Å². The van der Waals surface area contributed by atoms with Gasteiger partial charge in [-0.25, -0.2) is 9.18 Å². The number of fused-ring (bicyclic) bond motifs is 1. The average Bonchev–Trinajstić information content (AvgIpc) is 2.55. The van der Waals surface area contributed by atoms with Gasteiger partial charge in [-0.2, -0.15) is 0 Å². The fourth-order valence-corrected chi connectivity index (χ4v) is 2.46. The number of rotatable bonds is 3. The summed E-state index contributed by atoms with van der Waals surface area (Å²) in [6.45, 7) is 0. The summed E-state index contributed by atoms with van der Waals surface area (Å²) < 4.78 is 18.5. The van der Waals surface area contributed by atoms with Crippen LogP contribution >= 0.6 is 0 Å². The normalized spacial score (nSPS) is 10.7. The SMILES string of the molecule is COc1cccc(-c2[nH]c3ccc(F)cc3c(=O)c2C(=O)O)c1. The van der Waals surface area contributed by atoms with Crippen molar-refractivity contribution < 1.29 is 19.0 Å². The van der Waals surface area contributed by atoms with Crippen molar-refractivity contribution in [1.29, 1.82) is 0 Å². The second kappa shape index (κ2) is 5.57. The summed E-state index contributed by atoms with van der Waals surface area (Å²) in [6.07, 6.45) is 0. The molecule has 0 fully saturated rings. The Bertz CT molecular complexity index is 978. The molecule has 0 aliphatic rings. The molecule has 1 aromatic heterocycles. The van der Waals surface area contributed by atoms with Gasteiger partial charge in [-0.1, -0.05) is 12.1 Å². The van der Waals surface area contributed by atoms with Crippen LogP contribution in [0.2, 0.25) is 0 Å². The quantitative estimate of drug-likeness (QED) is 0.779. The topological polar surface area (TPSA) is 79.4 Å². The standard InChI is InChI=1S/C17H12FNO4/c1-23-11-4-2-3-9(7-11)15-14(17(21)22)16(20)12-8-10(18)5-6-13(12)19-15/h2-8H,1H3,(H,19,20)(H,21,22). The van der Waals surface area contributed by atoms with Crippen LogP contribution in [0, 0.1) is 5.82 Å². The number of aromatic nitrogens is 1. The summed E-state index contributed by atoms with van der Waals surface area (Å²) in [5, 5.41) is 9.41. The first-order valence-electron chi connectivity index (χ1n) is 6.74. The molecule has 0 radical (unpaired) electrons. The number of H-pyrrole nitrogens is 1. The van der Waals surface area contributed by atoms with E-state index < -0.39 is 22.8 Å². The molecule has 0 saturated heterocycles. The molecule has 2 aromatic carbocycles. The fourth-order valence-electron chi connectivity index (χ4n) is 2.46. The zero-order valence-electron chi connectivity index (χ0n) is 12.1. The molecular formula is C17H12FNO4. The van der Waals surface area contributed by atoms with Gasteiger partial charge in [0.05, 0.1) is 12.8 Å². The minimum atomic E-state index is -1.38. The zero-order valence-corrected chi connectivity index (χ0v) is 12.1. The van der Waals surface area contributed by atoms with E-state index in [1.54, 1.807) is 24.3 Å². The molecule has 0 atom stereocenters. The van der Waals surface area contributed by atoms with E-state index in [0.29, 0.717) is 16.8 Å². The summed E-state index contributed by atoms with van der Waals surface area (Å²) in [7, 11) is 1.49.